The van der Waals surface area contributed by atoms with E-state index in [0.29, 0.717) is 6.54 Å². The molecule has 1 saturated carbocycles. The number of fused-ring (bicyclic) bond motifs is 1. The van der Waals surface area contributed by atoms with E-state index in [-0.39, 0.29) is 29.9 Å². The highest BCUT2D eigenvalue weighted by Gasteiger charge is 2.21. The maximum absolute atomic E-state index is 12.5. The highest BCUT2D eigenvalue weighted by molar-refractivity contribution is 14.0. The highest BCUT2D eigenvalue weighted by atomic mass is 127. The molecule has 0 spiro atoms. The van der Waals surface area contributed by atoms with Gasteiger partial charge in [-0.3, -0.25) is 9.79 Å². The number of halogens is 1. The Balaban J connectivity index is 0.00000261. The van der Waals surface area contributed by atoms with Crippen LogP contribution in [0.15, 0.2) is 16.4 Å². The Bertz CT molecular complexity index is 613. The number of unbranched alkanes of at least 4 members (excludes halogenated alkanes) is 1. The van der Waals surface area contributed by atoms with E-state index in [1.165, 1.54) is 49.0 Å². The molecule has 0 atom stereocenters. The number of nitrogens with zero attached hydrogens (tertiary/aromatic N) is 2. The number of nitrogens with one attached hydrogen (secondary N) is 2. The van der Waals surface area contributed by atoms with Gasteiger partial charge in [0.1, 0.15) is 0 Å². The molecule has 1 fully saturated rings. The predicted molar refractivity (Wildman–Crippen MR) is 124 cm³/mol. The van der Waals surface area contributed by atoms with Crippen LogP contribution in [0.3, 0.4) is 0 Å². The third-order valence-electron chi connectivity index (χ3n) is 5.60. The molecule has 1 amide bonds. The van der Waals surface area contributed by atoms with Crippen molar-refractivity contribution in [2.24, 2.45) is 10.9 Å². The summed E-state index contributed by atoms with van der Waals surface area (Å²) < 4.78 is 0. The Morgan fingerprint density at radius 3 is 2.89 bits per heavy atom. The summed E-state index contributed by atoms with van der Waals surface area (Å²) in [5.74, 6) is 1.84. The molecule has 2 heterocycles. The summed E-state index contributed by atoms with van der Waals surface area (Å²) in [6, 6.07) is 2.14. The van der Waals surface area contributed by atoms with E-state index < -0.39 is 0 Å². The maximum atomic E-state index is 12.5. The molecule has 5 nitrogen and oxygen atoms in total. The van der Waals surface area contributed by atoms with Crippen LogP contribution >= 0.6 is 35.3 Å². The van der Waals surface area contributed by atoms with E-state index in [4.69, 9.17) is 0 Å². The lowest BCUT2D eigenvalue weighted by Crippen LogP contribution is -2.45. The minimum absolute atomic E-state index is 0. The standard InChI is InChI=1S/C20H32N4OS.HI/c1-21-20(22-11-5-4-8-16-6-2-3-7-16)23-14-19(25)24-12-9-18-17(15-24)10-13-26-18;/h10,13,16H,2-9,11-12,14-15H2,1H3,(H2,21,22,23);1H. The zero-order chi connectivity index (χ0) is 18.2. The van der Waals surface area contributed by atoms with Crippen LogP contribution < -0.4 is 10.6 Å². The van der Waals surface area contributed by atoms with Crippen molar-refractivity contribution >= 4 is 47.2 Å². The van der Waals surface area contributed by atoms with Gasteiger partial charge in [-0.2, -0.15) is 0 Å². The molecule has 1 aromatic heterocycles. The monoisotopic (exact) mass is 504 g/mol. The zero-order valence-electron chi connectivity index (χ0n) is 16.3. The zero-order valence-corrected chi connectivity index (χ0v) is 19.5. The molecule has 0 aromatic carbocycles. The molecule has 0 bridgehead atoms. The van der Waals surface area contributed by atoms with E-state index in [1.807, 2.05) is 4.90 Å². The number of carbonyl (C=O) groups excluding carboxylic acids is 1. The smallest absolute Gasteiger partial charge is 0.242 e. The number of hydrogen-bond acceptors (Lipinski definition) is 3. The summed E-state index contributed by atoms with van der Waals surface area (Å²) in [6.07, 6.45) is 10.5. The minimum Gasteiger partial charge on any atom is -0.356 e. The number of thiophene rings is 1. The fraction of sp³-hybridized carbons (Fsp3) is 0.700. The summed E-state index contributed by atoms with van der Waals surface area (Å²) >= 11 is 1.80. The van der Waals surface area contributed by atoms with Gasteiger partial charge in [0.05, 0.1) is 6.54 Å². The first kappa shape index (κ1) is 22.5. The molecule has 7 heteroatoms. The van der Waals surface area contributed by atoms with Crippen molar-refractivity contribution < 1.29 is 4.79 Å². The number of hydrogen-bond donors (Lipinski definition) is 2. The van der Waals surface area contributed by atoms with Crippen molar-refractivity contribution in [2.75, 3.05) is 26.7 Å². The number of carbonyl (C=O) groups is 1. The molecule has 1 aromatic rings. The Hall–Kier alpha value is -0.830. The molecule has 0 radical (unpaired) electrons. The van der Waals surface area contributed by atoms with Gasteiger partial charge in [0.2, 0.25) is 5.91 Å². The predicted octanol–water partition coefficient (Wildman–Crippen LogP) is 3.78. The Labute approximate surface area is 184 Å². The maximum Gasteiger partial charge on any atom is 0.242 e. The van der Waals surface area contributed by atoms with Crippen molar-refractivity contribution in [1.82, 2.24) is 15.5 Å². The van der Waals surface area contributed by atoms with Gasteiger partial charge in [0.25, 0.3) is 0 Å². The van der Waals surface area contributed by atoms with E-state index in [2.05, 4.69) is 27.1 Å². The van der Waals surface area contributed by atoms with Crippen LogP contribution in [0.4, 0.5) is 0 Å². The van der Waals surface area contributed by atoms with Crippen LogP contribution in [0.25, 0.3) is 0 Å². The van der Waals surface area contributed by atoms with Crippen molar-refractivity contribution in [3.8, 4) is 0 Å². The lowest BCUT2D eigenvalue weighted by Gasteiger charge is -2.27. The Morgan fingerprint density at radius 2 is 2.11 bits per heavy atom. The first-order valence-corrected chi connectivity index (χ1v) is 10.9. The number of amides is 1. The van der Waals surface area contributed by atoms with Gasteiger partial charge >= 0.3 is 0 Å². The normalized spacial score (nSPS) is 17.4. The first-order chi connectivity index (χ1) is 12.8. The summed E-state index contributed by atoms with van der Waals surface area (Å²) in [7, 11) is 1.76. The highest BCUT2D eigenvalue weighted by Crippen LogP contribution is 2.28. The molecular formula is C20H33IN4OS. The van der Waals surface area contributed by atoms with Crippen molar-refractivity contribution in [2.45, 2.75) is 57.9 Å². The van der Waals surface area contributed by atoms with Gasteiger partial charge in [0.15, 0.2) is 5.96 Å². The quantitative estimate of drug-likeness (QED) is 0.257. The molecular weight excluding hydrogens is 471 g/mol. The Morgan fingerprint density at radius 1 is 1.30 bits per heavy atom. The summed E-state index contributed by atoms with van der Waals surface area (Å²) in [5.41, 5.74) is 1.30. The summed E-state index contributed by atoms with van der Waals surface area (Å²) in [4.78, 5) is 20.1. The van der Waals surface area contributed by atoms with Crippen molar-refractivity contribution in [3.05, 3.63) is 21.9 Å². The molecule has 2 aliphatic rings. The van der Waals surface area contributed by atoms with Gasteiger partial charge in [-0.15, -0.1) is 35.3 Å². The van der Waals surface area contributed by atoms with Gasteiger partial charge in [-0.1, -0.05) is 38.5 Å². The van der Waals surface area contributed by atoms with Crippen LogP contribution in [0.2, 0.25) is 0 Å². The van der Waals surface area contributed by atoms with Gasteiger partial charge in [0, 0.05) is 31.6 Å². The number of aliphatic imine (C=N–C) groups is 1. The second-order valence-corrected chi connectivity index (χ2v) is 8.43. The van der Waals surface area contributed by atoms with Gasteiger partial charge in [-0.05, 0) is 35.8 Å². The van der Waals surface area contributed by atoms with E-state index >= 15 is 0 Å². The Kier molecular flexibility index (Phi) is 9.89. The first-order valence-electron chi connectivity index (χ1n) is 10.0. The van der Waals surface area contributed by atoms with Gasteiger partial charge in [-0.25, -0.2) is 0 Å². The lowest BCUT2D eigenvalue weighted by atomic mass is 10.0. The molecule has 152 valence electrons. The van der Waals surface area contributed by atoms with Crippen LogP contribution in [0.5, 0.6) is 0 Å². The molecule has 0 unspecified atom stereocenters. The summed E-state index contributed by atoms with van der Waals surface area (Å²) in [6.45, 7) is 2.79. The fourth-order valence-corrected chi connectivity index (χ4v) is 4.91. The SMILES string of the molecule is CN=C(NCCCCC1CCCC1)NCC(=O)N1CCc2sccc2C1.I. The van der Waals surface area contributed by atoms with E-state index in [0.717, 1.165) is 44.4 Å². The lowest BCUT2D eigenvalue weighted by molar-refractivity contribution is -0.130. The average molecular weight is 504 g/mol. The second kappa shape index (κ2) is 11.9. The third kappa shape index (κ3) is 6.93. The molecule has 1 aliphatic heterocycles. The number of guanidine groups is 1. The van der Waals surface area contributed by atoms with Crippen molar-refractivity contribution in [1.29, 1.82) is 0 Å². The van der Waals surface area contributed by atoms with Gasteiger partial charge < -0.3 is 15.5 Å². The van der Waals surface area contributed by atoms with Crippen molar-refractivity contribution in [3.63, 3.8) is 0 Å². The van der Waals surface area contributed by atoms with E-state index in [9.17, 15) is 4.79 Å². The second-order valence-electron chi connectivity index (χ2n) is 7.43. The molecule has 2 N–H and O–H groups in total. The molecule has 27 heavy (non-hydrogen) atoms. The van der Waals surface area contributed by atoms with Crippen LogP contribution in [0, 0.1) is 5.92 Å². The topological polar surface area (TPSA) is 56.7 Å². The van der Waals surface area contributed by atoms with E-state index in [1.54, 1.807) is 18.4 Å². The average Bonchev–Trinajstić information content (AvgIpc) is 3.34. The largest absolute Gasteiger partial charge is 0.356 e. The molecule has 3 rings (SSSR count). The van der Waals surface area contributed by atoms with Crippen LogP contribution in [0.1, 0.15) is 55.4 Å². The molecule has 0 saturated heterocycles. The fourth-order valence-electron chi connectivity index (χ4n) is 4.02. The third-order valence-corrected chi connectivity index (χ3v) is 6.62. The number of rotatable bonds is 7. The van der Waals surface area contributed by atoms with Crippen LogP contribution in [-0.4, -0.2) is 43.4 Å². The molecule has 1 aliphatic carbocycles. The minimum atomic E-state index is 0. The summed E-state index contributed by atoms with van der Waals surface area (Å²) in [5, 5.41) is 8.62. The van der Waals surface area contributed by atoms with Crippen LogP contribution in [-0.2, 0) is 17.8 Å².